The lowest BCUT2D eigenvalue weighted by Gasteiger charge is -2.37. The molecule has 1 aliphatic rings. The largest absolute Gasteiger partial charge is 0.480 e. The Morgan fingerprint density at radius 2 is 2.04 bits per heavy atom. The average Bonchev–Trinajstić information content (AvgIpc) is 2.99. The summed E-state index contributed by atoms with van der Waals surface area (Å²) >= 11 is 0. The van der Waals surface area contributed by atoms with Crippen LogP contribution in [0.2, 0.25) is 0 Å². The molecule has 0 unspecified atom stereocenters. The predicted octanol–water partition coefficient (Wildman–Crippen LogP) is 1.19. The van der Waals surface area contributed by atoms with Gasteiger partial charge in [-0.1, -0.05) is 0 Å². The standard InChI is InChI=1S/C18H23FN4O3/c1-2-20-16(24)11-22-5-7-23(8-6-22)17(18(25)26)14-10-21-15-9-12(19)3-4-13(14)15/h3-4,9-10,17,21H,2,5-8,11H2,1H3,(H,20,24)(H,25,26)/t17-/m1/s1. The fourth-order valence-corrected chi connectivity index (χ4v) is 3.47. The number of nitrogens with one attached hydrogen (secondary N) is 2. The van der Waals surface area contributed by atoms with E-state index in [-0.39, 0.29) is 11.7 Å². The maximum atomic E-state index is 13.4. The third kappa shape index (κ3) is 3.86. The minimum atomic E-state index is -0.938. The number of hydrogen-bond acceptors (Lipinski definition) is 4. The summed E-state index contributed by atoms with van der Waals surface area (Å²) in [7, 11) is 0. The number of carbonyl (C=O) groups is 2. The third-order valence-corrected chi connectivity index (χ3v) is 4.72. The van der Waals surface area contributed by atoms with Crippen LogP contribution in [0, 0.1) is 5.82 Å². The monoisotopic (exact) mass is 362 g/mol. The molecule has 0 bridgehead atoms. The van der Waals surface area contributed by atoms with Crippen LogP contribution in [0.5, 0.6) is 0 Å². The third-order valence-electron chi connectivity index (χ3n) is 4.72. The van der Waals surface area contributed by atoms with E-state index in [0.717, 1.165) is 0 Å². The van der Waals surface area contributed by atoms with Crippen molar-refractivity contribution in [1.29, 1.82) is 0 Å². The number of hydrogen-bond donors (Lipinski definition) is 3. The molecule has 3 N–H and O–H groups in total. The van der Waals surface area contributed by atoms with Crippen LogP contribution in [0.15, 0.2) is 24.4 Å². The lowest BCUT2D eigenvalue weighted by atomic mass is 10.0. The summed E-state index contributed by atoms with van der Waals surface area (Å²) < 4.78 is 13.4. The Labute approximate surface area is 150 Å². The van der Waals surface area contributed by atoms with Gasteiger partial charge in [0.25, 0.3) is 0 Å². The molecule has 0 aliphatic carbocycles. The molecule has 1 fully saturated rings. The number of aromatic nitrogens is 1. The number of carboxylic acid groups (broad SMARTS) is 1. The van der Waals surface area contributed by atoms with Crippen LogP contribution in [0.4, 0.5) is 4.39 Å². The summed E-state index contributed by atoms with van der Waals surface area (Å²) in [4.78, 5) is 30.5. The molecule has 1 aliphatic heterocycles. The summed E-state index contributed by atoms with van der Waals surface area (Å²) in [6, 6.07) is 3.50. The van der Waals surface area contributed by atoms with E-state index in [4.69, 9.17) is 0 Å². The minimum absolute atomic E-state index is 0.0191. The van der Waals surface area contributed by atoms with Crippen molar-refractivity contribution in [2.45, 2.75) is 13.0 Å². The van der Waals surface area contributed by atoms with E-state index in [1.807, 2.05) is 16.7 Å². The predicted molar refractivity (Wildman–Crippen MR) is 95.3 cm³/mol. The van der Waals surface area contributed by atoms with Crippen molar-refractivity contribution < 1.29 is 19.1 Å². The van der Waals surface area contributed by atoms with Crippen LogP contribution < -0.4 is 5.32 Å². The molecule has 2 aromatic rings. The number of rotatable bonds is 6. The highest BCUT2D eigenvalue weighted by molar-refractivity contribution is 5.89. The van der Waals surface area contributed by atoms with Gasteiger partial charge in [0, 0.05) is 55.4 Å². The molecular weight excluding hydrogens is 339 g/mol. The molecule has 1 atom stereocenters. The normalized spacial score (nSPS) is 17.3. The quantitative estimate of drug-likeness (QED) is 0.718. The number of likely N-dealkylation sites (N-methyl/N-ethyl adjacent to an activating group) is 1. The SMILES string of the molecule is CCNC(=O)CN1CCN([C@@H](C(=O)O)c2c[nH]c3cc(F)ccc23)CC1. The van der Waals surface area contributed by atoms with E-state index in [9.17, 15) is 19.1 Å². The highest BCUT2D eigenvalue weighted by atomic mass is 19.1. The number of aromatic amines is 1. The molecule has 1 aromatic carbocycles. The Hall–Kier alpha value is -2.45. The number of nitrogens with zero attached hydrogens (tertiary/aromatic N) is 2. The number of carbonyl (C=O) groups excluding carboxylic acids is 1. The van der Waals surface area contributed by atoms with Crippen molar-refractivity contribution >= 4 is 22.8 Å². The lowest BCUT2D eigenvalue weighted by Crippen LogP contribution is -2.51. The Bertz CT molecular complexity index is 799. The van der Waals surface area contributed by atoms with Gasteiger partial charge in [-0.25, -0.2) is 4.39 Å². The van der Waals surface area contributed by atoms with Crippen molar-refractivity contribution in [3.05, 3.63) is 35.8 Å². The van der Waals surface area contributed by atoms with Gasteiger partial charge in [0.2, 0.25) is 5.91 Å². The van der Waals surface area contributed by atoms with Gasteiger partial charge in [-0.15, -0.1) is 0 Å². The van der Waals surface area contributed by atoms with Crippen molar-refractivity contribution in [3.8, 4) is 0 Å². The maximum Gasteiger partial charge on any atom is 0.325 e. The minimum Gasteiger partial charge on any atom is -0.480 e. The van der Waals surface area contributed by atoms with Gasteiger partial charge < -0.3 is 15.4 Å². The first kappa shape index (κ1) is 18.3. The number of halogens is 1. The van der Waals surface area contributed by atoms with E-state index in [0.29, 0.717) is 55.7 Å². The van der Waals surface area contributed by atoms with E-state index in [1.165, 1.54) is 12.1 Å². The average molecular weight is 362 g/mol. The summed E-state index contributed by atoms with van der Waals surface area (Å²) in [6.45, 7) is 5.14. The van der Waals surface area contributed by atoms with Crippen LogP contribution in [0.25, 0.3) is 10.9 Å². The molecule has 26 heavy (non-hydrogen) atoms. The zero-order chi connectivity index (χ0) is 18.7. The lowest BCUT2D eigenvalue weighted by molar-refractivity contribution is -0.144. The second kappa shape index (κ2) is 7.84. The Kier molecular flexibility index (Phi) is 5.53. The summed E-state index contributed by atoms with van der Waals surface area (Å²) in [6.07, 6.45) is 1.64. The van der Waals surface area contributed by atoms with E-state index in [1.54, 1.807) is 12.3 Å². The number of amides is 1. The molecule has 7 nitrogen and oxygen atoms in total. The molecule has 3 rings (SSSR count). The highest BCUT2D eigenvalue weighted by Crippen LogP contribution is 2.29. The molecule has 2 heterocycles. The molecule has 1 amide bonds. The van der Waals surface area contributed by atoms with Crippen LogP contribution in [-0.4, -0.2) is 71.0 Å². The van der Waals surface area contributed by atoms with Crippen molar-refractivity contribution in [2.75, 3.05) is 39.3 Å². The molecule has 0 spiro atoms. The molecule has 0 saturated carbocycles. The number of carboxylic acids is 1. The maximum absolute atomic E-state index is 13.4. The van der Waals surface area contributed by atoms with E-state index < -0.39 is 12.0 Å². The fraction of sp³-hybridized carbons (Fsp3) is 0.444. The first-order valence-corrected chi connectivity index (χ1v) is 8.72. The molecule has 0 radical (unpaired) electrons. The van der Waals surface area contributed by atoms with Crippen LogP contribution in [-0.2, 0) is 9.59 Å². The molecule has 1 saturated heterocycles. The summed E-state index contributed by atoms with van der Waals surface area (Å²) in [5, 5.41) is 13.3. The molecule has 1 aromatic heterocycles. The van der Waals surface area contributed by atoms with E-state index in [2.05, 4.69) is 10.3 Å². The molecule has 8 heteroatoms. The number of H-pyrrole nitrogens is 1. The Balaban J connectivity index is 1.73. The van der Waals surface area contributed by atoms with Gasteiger partial charge >= 0.3 is 5.97 Å². The highest BCUT2D eigenvalue weighted by Gasteiger charge is 2.32. The Morgan fingerprint density at radius 3 is 2.69 bits per heavy atom. The van der Waals surface area contributed by atoms with Crippen molar-refractivity contribution in [2.24, 2.45) is 0 Å². The van der Waals surface area contributed by atoms with Gasteiger partial charge in [0.05, 0.1) is 6.54 Å². The van der Waals surface area contributed by atoms with E-state index >= 15 is 0 Å². The fourth-order valence-electron chi connectivity index (χ4n) is 3.47. The van der Waals surface area contributed by atoms with Crippen molar-refractivity contribution in [1.82, 2.24) is 20.1 Å². The van der Waals surface area contributed by atoms with Gasteiger partial charge in [0.1, 0.15) is 11.9 Å². The first-order chi connectivity index (χ1) is 12.5. The van der Waals surface area contributed by atoms with Crippen LogP contribution in [0.3, 0.4) is 0 Å². The van der Waals surface area contributed by atoms with Gasteiger partial charge in [-0.05, 0) is 25.1 Å². The van der Waals surface area contributed by atoms with Gasteiger partial charge in [-0.2, -0.15) is 0 Å². The second-order valence-electron chi connectivity index (χ2n) is 6.44. The Morgan fingerprint density at radius 1 is 1.31 bits per heavy atom. The summed E-state index contributed by atoms with van der Waals surface area (Å²) in [5.41, 5.74) is 1.21. The zero-order valence-corrected chi connectivity index (χ0v) is 14.7. The molecular formula is C18H23FN4O3. The first-order valence-electron chi connectivity index (χ1n) is 8.72. The van der Waals surface area contributed by atoms with Crippen molar-refractivity contribution in [3.63, 3.8) is 0 Å². The topological polar surface area (TPSA) is 88.7 Å². The number of piperazine rings is 1. The summed E-state index contributed by atoms with van der Waals surface area (Å²) in [5.74, 6) is -1.32. The number of aliphatic carboxylic acids is 1. The smallest absolute Gasteiger partial charge is 0.325 e. The molecule has 140 valence electrons. The number of fused-ring (bicyclic) bond motifs is 1. The second-order valence-corrected chi connectivity index (χ2v) is 6.44. The van der Waals surface area contributed by atoms with Crippen LogP contribution >= 0.6 is 0 Å². The van der Waals surface area contributed by atoms with Gasteiger partial charge in [0.15, 0.2) is 0 Å². The number of benzene rings is 1. The zero-order valence-electron chi connectivity index (χ0n) is 14.7. The van der Waals surface area contributed by atoms with Crippen LogP contribution in [0.1, 0.15) is 18.5 Å². The van der Waals surface area contributed by atoms with Gasteiger partial charge in [-0.3, -0.25) is 19.4 Å².